The summed E-state index contributed by atoms with van der Waals surface area (Å²) in [6, 6.07) is 21.6. The van der Waals surface area contributed by atoms with Gasteiger partial charge in [-0.25, -0.2) is 17.6 Å². The molecule has 16 heteroatoms. The zero-order valence-electron chi connectivity index (χ0n) is 27.4. The van der Waals surface area contributed by atoms with Crippen molar-refractivity contribution in [2.45, 2.75) is 49.5 Å². The summed E-state index contributed by atoms with van der Waals surface area (Å²) >= 11 is 0.527. The Morgan fingerprint density at radius 2 is 1.50 bits per heavy atom. The molecule has 4 rings (SSSR count). The van der Waals surface area contributed by atoms with Gasteiger partial charge in [-0.15, -0.1) is 11.3 Å². The summed E-state index contributed by atoms with van der Waals surface area (Å²) in [4.78, 5) is 22.3. The first kappa shape index (κ1) is 39.9. The lowest BCUT2D eigenvalue weighted by Crippen LogP contribution is -2.43. The lowest BCUT2D eigenvalue weighted by atomic mass is 10.1. The number of alkyl halides is 3. The third-order valence-corrected chi connectivity index (χ3v) is 10.4. The van der Waals surface area contributed by atoms with E-state index < -0.39 is 75.1 Å². The Morgan fingerprint density at radius 3 is 1.98 bits per heavy atom. The largest absolute Gasteiger partial charge is 0.453 e. The average Bonchev–Trinajstić information content (AvgIpc) is 3.55. The number of nitrogens with one attached hydrogen (secondary N) is 2. The molecule has 0 spiro atoms. The minimum absolute atomic E-state index is 0.0434. The number of alkyl carbamates (subject to hydrolysis) is 1. The van der Waals surface area contributed by atoms with E-state index in [1.807, 2.05) is 5.32 Å². The second-order valence-electron chi connectivity index (χ2n) is 11.1. The van der Waals surface area contributed by atoms with Crippen LogP contribution in [0.2, 0.25) is 0 Å². The van der Waals surface area contributed by atoms with Gasteiger partial charge in [-0.05, 0) is 61.7 Å². The normalized spacial score (nSPS) is 12.8. The summed E-state index contributed by atoms with van der Waals surface area (Å²) in [5.41, 5.74) is 7.88. The number of nitrogens with zero attached hydrogens (tertiary/aromatic N) is 1. The van der Waals surface area contributed by atoms with E-state index in [9.17, 15) is 40.7 Å². The van der Waals surface area contributed by atoms with Crippen LogP contribution in [-0.2, 0) is 26.0 Å². The Hall–Kier alpha value is -4.51. The highest BCUT2D eigenvalue weighted by Gasteiger charge is 2.44. The van der Waals surface area contributed by atoms with Crippen molar-refractivity contribution in [1.82, 2.24) is 14.9 Å². The number of methoxy groups -OCH3 is 1. The van der Waals surface area contributed by atoms with E-state index >= 15 is 0 Å². The minimum atomic E-state index is -4.94. The highest BCUT2D eigenvalue weighted by atomic mass is 32.2. The molecule has 0 aliphatic rings. The fourth-order valence-corrected chi connectivity index (χ4v) is 7.82. The molecule has 0 aliphatic heterocycles. The number of carbonyl (C=O) groups is 2. The highest BCUT2D eigenvalue weighted by molar-refractivity contribution is 7.89. The van der Waals surface area contributed by atoms with E-state index in [1.54, 1.807) is 5.32 Å². The Labute approximate surface area is 291 Å². The van der Waals surface area contributed by atoms with Crippen molar-refractivity contribution in [1.29, 1.82) is 0 Å². The SMILES string of the molecule is COC(=O)NCC(=O)NC(c1ccc([C@@H](CO)N(C(C)C)S(=O)(=O)c2ccc(N)c(F)c2)s1)C(F)(F)F.c1ccc(Cc2ccccc2)cc1. The Balaban J connectivity index is 0.000000429. The number of aliphatic hydroxyl groups excluding tert-OH is 1. The number of nitrogens with two attached hydrogens (primary N) is 1. The van der Waals surface area contributed by atoms with Gasteiger partial charge in [0.05, 0.1) is 30.3 Å². The predicted molar refractivity (Wildman–Crippen MR) is 182 cm³/mol. The molecule has 2 atom stereocenters. The second-order valence-corrected chi connectivity index (χ2v) is 14.1. The van der Waals surface area contributed by atoms with Gasteiger partial charge in [0, 0.05) is 15.8 Å². The molecule has 270 valence electrons. The number of carbonyl (C=O) groups excluding carboxylic acids is 2. The number of hydrogen-bond donors (Lipinski definition) is 4. The van der Waals surface area contributed by atoms with Crippen molar-refractivity contribution in [2.75, 3.05) is 26.0 Å². The van der Waals surface area contributed by atoms with Gasteiger partial charge >= 0.3 is 12.3 Å². The first-order valence-electron chi connectivity index (χ1n) is 15.1. The number of rotatable bonds is 12. The van der Waals surface area contributed by atoms with Crippen LogP contribution in [0.15, 0.2) is 95.9 Å². The molecule has 5 N–H and O–H groups in total. The van der Waals surface area contributed by atoms with Gasteiger partial charge in [-0.1, -0.05) is 60.7 Å². The van der Waals surface area contributed by atoms with Crippen LogP contribution in [0.1, 0.15) is 46.8 Å². The Bertz CT molecular complexity index is 1770. The molecule has 1 unspecified atom stereocenters. The molecule has 1 heterocycles. The number of anilines is 1. The number of aliphatic hydroxyl groups is 1. The summed E-state index contributed by atoms with van der Waals surface area (Å²) in [5, 5.41) is 13.8. The van der Waals surface area contributed by atoms with E-state index in [0.29, 0.717) is 17.4 Å². The van der Waals surface area contributed by atoms with E-state index in [-0.39, 0.29) is 10.6 Å². The molecule has 2 amide bonds. The van der Waals surface area contributed by atoms with E-state index in [2.05, 4.69) is 65.4 Å². The quantitative estimate of drug-likeness (QED) is 0.104. The summed E-state index contributed by atoms with van der Waals surface area (Å²) in [6.07, 6.45) is -4.93. The van der Waals surface area contributed by atoms with Gasteiger partial charge < -0.3 is 26.2 Å². The van der Waals surface area contributed by atoms with Crippen molar-refractivity contribution >= 4 is 39.0 Å². The lowest BCUT2D eigenvalue weighted by molar-refractivity contribution is -0.162. The molecule has 0 aliphatic carbocycles. The summed E-state index contributed by atoms with van der Waals surface area (Å²) in [7, 11) is -3.42. The number of hydrogen-bond acceptors (Lipinski definition) is 8. The molecular formula is C34H38F4N4O6S2. The van der Waals surface area contributed by atoms with Crippen LogP contribution < -0.4 is 16.4 Å². The molecule has 4 aromatic rings. The average molecular weight is 739 g/mol. The van der Waals surface area contributed by atoms with Crippen LogP contribution in [0.4, 0.5) is 28.0 Å². The molecule has 10 nitrogen and oxygen atoms in total. The van der Waals surface area contributed by atoms with E-state index in [0.717, 1.165) is 36.0 Å². The topological polar surface area (TPSA) is 151 Å². The number of sulfonamides is 1. The van der Waals surface area contributed by atoms with Gasteiger partial charge in [-0.3, -0.25) is 4.79 Å². The molecule has 3 aromatic carbocycles. The summed E-state index contributed by atoms with van der Waals surface area (Å²) < 4.78 is 87.1. The highest BCUT2D eigenvalue weighted by Crippen LogP contribution is 2.40. The molecule has 0 saturated carbocycles. The maximum absolute atomic E-state index is 14.0. The summed E-state index contributed by atoms with van der Waals surface area (Å²) in [5.74, 6) is -2.13. The van der Waals surface area contributed by atoms with Crippen LogP contribution in [0, 0.1) is 5.82 Å². The van der Waals surface area contributed by atoms with Gasteiger partial charge in [-0.2, -0.15) is 17.5 Å². The third-order valence-electron chi connectivity index (χ3n) is 7.10. The van der Waals surface area contributed by atoms with Crippen molar-refractivity contribution in [2.24, 2.45) is 0 Å². The number of nitrogen functional groups attached to an aromatic ring is 1. The Kier molecular flexibility index (Phi) is 14.3. The van der Waals surface area contributed by atoms with E-state index in [1.165, 1.54) is 31.0 Å². The van der Waals surface area contributed by atoms with Crippen LogP contribution >= 0.6 is 11.3 Å². The maximum atomic E-state index is 14.0. The van der Waals surface area contributed by atoms with E-state index in [4.69, 9.17) is 5.73 Å². The molecule has 1 aromatic heterocycles. The van der Waals surface area contributed by atoms with Crippen molar-refractivity contribution in [3.05, 3.63) is 118 Å². The van der Waals surface area contributed by atoms with Crippen molar-refractivity contribution in [3.63, 3.8) is 0 Å². The fourth-order valence-electron chi connectivity index (χ4n) is 4.77. The van der Waals surface area contributed by atoms with Crippen LogP contribution in [0.3, 0.4) is 0 Å². The number of halogens is 4. The van der Waals surface area contributed by atoms with Gasteiger partial charge in [0.25, 0.3) is 0 Å². The van der Waals surface area contributed by atoms with Crippen LogP contribution in [0.25, 0.3) is 0 Å². The molecular weight excluding hydrogens is 701 g/mol. The van der Waals surface area contributed by atoms with Crippen molar-refractivity contribution in [3.8, 4) is 0 Å². The fraction of sp³-hybridized carbons (Fsp3) is 0.294. The van der Waals surface area contributed by atoms with Gasteiger partial charge in [0.2, 0.25) is 15.9 Å². The smallest absolute Gasteiger partial charge is 0.413 e. The van der Waals surface area contributed by atoms with Crippen LogP contribution in [-0.4, -0.2) is 62.3 Å². The summed E-state index contributed by atoms with van der Waals surface area (Å²) in [6.45, 7) is 1.38. The monoisotopic (exact) mass is 738 g/mol. The standard InChI is InChI=1S/C21H26F4N4O6S2.C13H12/c1-11(2)29(37(33,34)12-4-5-14(26)13(22)8-12)15(10-30)16-6-7-17(36-16)19(21(23,24)25)28-18(31)9-27-20(32)35-3;1-3-7-12(8-4-1)11-13-9-5-2-6-10-13/h4-8,11,15,19,30H,9-10,26H2,1-3H3,(H,27,32)(H,28,31);1-10H,11H2/t15-,19?;/m1./s1. The van der Waals surface area contributed by atoms with Crippen LogP contribution in [0.5, 0.6) is 0 Å². The van der Waals surface area contributed by atoms with Gasteiger partial charge in [0.15, 0.2) is 6.04 Å². The first-order chi connectivity index (χ1) is 23.6. The molecule has 0 fully saturated rings. The molecule has 0 radical (unpaired) electrons. The van der Waals surface area contributed by atoms with Gasteiger partial charge in [0.1, 0.15) is 12.4 Å². The lowest BCUT2D eigenvalue weighted by Gasteiger charge is -2.32. The zero-order valence-corrected chi connectivity index (χ0v) is 29.0. The first-order valence-corrected chi connectivity index (χ1v) is 17.4. The molecule has 0 saturated heterocycles. The second kappa shape index (κ2) is 17.9. The maximum Gasteiger partial charge on any atom is 0.413 e. The third kappa shape index (κ3) is 11.0. The predicted octanol–water partition coefficient (Wildman–Crippen LogP) is 5.96. The minimum Gasteiger partial charge on any atom is -0.453 e. The number of ether oxygens (including phenoxy) is 1. The molecule has 50 heavy (non-hydrogen) atoms. The zero-order chi connectivity index (χ0) is 37.1. The van der Waals surface area contributed by atoms with Crippen molar-refractivity contribution < 1.29 is 45.4 Å². The number of thiophene rings is 1. The Morgan fingerprint density at radius 1 is 0.940 bits per heavy atom. The number of benzene rings is 3. The molecule has 0 bridgehead atoms. The number of amides is 2.